The summed E-state index contributed by atoms with van der Waals surface area (Å²) in [5, 5.41) is 12.4. The molecule has 2 rings (SSSR count). The fraction of sp³-hybridized carbons (Fsp3) is 0.167. The summed E-state index contributed by atoms with van der Waals surface area (Å²) in [5.41, 5.74) is 0.655. The molecule has 0 radical (unpaired) electrons. The molecule has 1 amide bonds. The van der Waals surface area contributed by atoms with E-state index in [0.717, 1.165) is 11.5 Å². The van der Waals surface area contributed by atoms with Crippen LogP contribution in [-0.4, -0.2) is 33.1 Å². The molecule has 2 aromatic rings. The Balaban J connectivity index is 2.24. The molecule has 0 fully saturated rings. The zero-order chi connectivity index (χ0) is 13.7. The van der Waals surface area contributed by atoms with Crippen molar-refractivity contribution >= 4 is 29.1 Å². The van der Waals surface area contributed by atoms with E-state index in [0.29, 0.717) is 10.6 Å². The van der Waals surface area contributed by atoms with Gasteiger partial charge in [0.2, 0.25) is 0 Å². The highest BCUT2D eigenvalue weighted by Gasteiger charge is 2.20. The van der Waals surface area contributed by atoms with Gasteiger partial charge in [-0.25, -0.2) is 0 Å². The summed E-state index contributed by atoms with van der Waals surface area (Å²) in [4.78, 5) is 24.8. The summed E-state index contributed by atoms with van der Waals surface area (Å²) >= 11 is 0.989. The lowest BCUT2D eigenvalue weighted by Crippen LogP contribution is -2.32. The number of amides is 1. The standard InChI is InChI=1S/C12H11N3O3S/c16-11(17)6-7-15(9-4-2-1-3-5-9)12(18)10-8-13-14-19-10/h1-5,8H,6-7H2,(H,16,17). The quantitative estimate of drug-likeness (QED) is 0.898. The van der Waals surface area contributed by atoms with Crippen molar-refractivity contribution in [3.05, 3.63) is 41.4 Å². The molecule has 7 heteroatoms. The molecule has 0 spiro atoms. The van der Waals surface area contributed by atoms with E-state index in [9.17, 15) is 9.59 Å². The monoisotopic (exact) mass is 277 g/mol. The first-order chi connectivity index (χ1) is 9.18. The minimum absolute atomic E-state index is 0.107. The van der Waals surface area contributed by atoms with E-state index in [1.54, 1.807) is 24.3 Å². The molecule has 0 saturated carbocycles. The van der Waals surface area contributed by atoms with Gasteiger partial charge in [0, 0.05) is 12.2 Å². The van der Waals surface area contributed by atoms with Crippen LogP contribution in [0.1, 0.15) is 16.1 Å². The maximum atomic E-state index is 12.3. The Morgan fingerprint density at radius 2 is 2.00 bits per heavy atom. The Bertz CT molecular complexity index is 557. The Hall–Kier alpha value is -2.28. The molecule has 0 atom stereocenters. The van der Waals surface area contributed by atoms with Crippen LogP contribution in [0.3, 0.4) is 0 Å². The number of carbonyl (C=O) groups excluding carboxylic acids is 1. The molecule has 0 aliphatic rings. The SMILES string of the molecule is O=C(O)CCN(C(=O)c1cnns1)c1ccccc1. The molecular weight excluding hydrogens is 266 g/mol. The highest BCUT2D eigenvalue weighted by molar-refractivity contribution is 7.07. The summed E-state index contributed by atoms with van der Waals surface area (Å²) in [6.45, 7) is 0.107. The molecule has 0 aliphatic carbocycles. The van der Waals surface area contributed by atoms with Gasteiger partial charge in [-0.05, 0) is 23.7 Å². The summed E-state index contributed by atoms with van der Waals surface area (Å²) in [5.74, 6) is -1.24. The van der Waals surface area contributed by atoms with Gasteiger partial charge in [0.15, 0.2) is 0 Å². The van der Waals surface area contributed by atoms with E-state index in [-0.39, 0.29) is 18.9 Å². The van der Waals surface area contributed by atoms with Crippen molar-refractivity contribution in [1.82, 2.24) is 9.59 Å². The lowest BCUT2D eigenvalue weighted by atomic mass is 10.2. The van der Waals surface area contributed by atoms with Gasteiger partial charge in [0.25, 0.3) is 5.91 Å². The third kappa shape index (κ3) is 3.35. The van der Waals surface area contributed by atoms with Crippen molar-refractivity contribution in [3.8, 4) is 0 Å². The van der Waals surface area contributed by atoms with Crippen LogP contribution < -0.4 is 4.90 Å². The van der Waals surface area contributed by atoms with Gasteiger partial charge >= 0.3 is 5.97 Å². The number of anilines is 1. The molecule has 1 aromatic carbocycles. The lowest BCUT2D eigenvalue weighted by molar-refractivity contribution is -0.136. The molecule has 0 saturated heterocycles. The van der Waals surface area contributed by atoms with Crippen LogP contribution in [0.5, 0.6) is 0 Å². The molecule has 98 valence electrons. The molecule has 1 aromatic heterocycles. The second-order valence-electron chi connectivity index (χ2n) is 3.72. The number of hydrogen-bond acceptors (Lipinski definition) is 5. The minimum Gasteiger partial charge on any atom is -0.481 e. The predicted octanol–water partition coefficient (Wildman–Crippen LogP) is 1.66. The zero-order valence-electron chi connectivity index (χ0n) is 9.89. The van der Waals surface area contributed by atoms with Gasteiger partial charge < -0.3 is 10.0 Å². The summed E-state index contributed by atoms with van der Waals surface area (Å²) in [6, 6.07) is 8.93. The summed E-state index contributed by atoms with van der Waals surface area (Å²) in [6.07, 6.45) is 1.26. The van der Waals surface area contributed by atoms with E-state index < -0.39 is 5.97 Å². The van der Waals surface area contributed by atoms with E-state index in [2.05, 4.69) is 9.59 Å². The highest BCUT2D eigenvalue weighted by Crippen LogP contribution is 2.18. The fourth-order valence-corrected chi connectivity index (χ4v) is 2.02. The van der Waals surface area contributed by atoms with Crippen LogP contribution in [0.25, 0.3) is 0 Å². The van der Waals surface area contributed by atoms with Crippen LogP contribution in [0.4, 0.5) is 5.69 Å². The topological polar surface area (TPSA) is 83.4 Å². The van der Waals surface area contributed by atoms with Crippen LogP contribution in [0, 0.1) is 0 Å². The number of aliphatic carboxylic acids is 1. The molecule has 0 aliphatic heterocycles. The molecule has 1 N–H and O–H groups in total. The normalized spacial score (nSPS) is 10.1. The Kier molecular flexibility index (Phi) is 4.19. The number of rotatable bonds is 5. The van der Waals surface area contributed by atoms with Gasteiger partial charge in [-0.1, -0.05) is 22.7 Å². The number of nitrogens with zero attached hydrogens (tertiary/aromatic N) is 3. The highest BCUT2D eigenvalue weighted by atomic mass is 32.1. The Morgan fingerprint density at radius 1 is 1.26 bits per heavy atom. The average molecular weight is 277 g/mol. The third-order valence-electron chi connectivity index (χ3n) is 2.43. The van der Waals surface area contributed by atoms with Gasteiger partial charge in [-0.3, -0.25) is 9.59 Å². The van der Waals surface area contributed by atoms with Crippen molar-refractivity contribution in [2.45, 2.75) is 6.42 Å². The molecule has 0 unspecified atom stereocenters. The number of benzene rings is 1. The van der Waals surface area contributed by atoms with Crippen LogP contribution in [-0.2, 0) is 4.79 Å². The molecule has 19 heavy (non-hydrogen) atoms. The van der Waals surface area contributed by atoms with Gasteiger partial charge in [-0.2, -0.15) is 0 Å². The van der Waals surface area contributed by atoms with Crippen LogP contribution >= 0.6 is 11.5 Å². The number of hydrogen-bond donors (Lipinski definition) is 1. The van der Waals surface area contributed by atoms with Gasteiger partial charge in [0.05, 0.1) is 12.6 Å². The maximum absolute atomic E-state index is 12.3. The summed E-state index contributed by atoms with van der Waals surface area (Å²) < 4.78 is 3.64. The van der Waals surface area contributed by atoms with E-state index >= 15 is 0 Å². The van der Waals surface area contributed by atoms with Gasteiger partial charge in [0.1, 0.15) is 4.88 Å². The lowest BCUT2D eigenvalue weighted by Gasteiger charge is -2.21. The van der Waals surface area contributed by atoms with Crippen molar-refractivity contribution in [1.29, 1.82) is 0 Å². The predicted molar refractivity (Wildman–Crippen MR) is 70.3 cm³/mol. The first-order valence-corrected chi connectivity index (χ1v) is 6.32. The van der Waals surface area contributed by atoms with Crippen molar-refractivity contribution in [2.24, 2.45) is 0 Å². The first kappa shape index (κ1) is 13.2. The summed E-state index contributed by atoms with van der Waals surface area (Å²) in [7, 11) is 0. The van der Waals surface area contributed by atoms with E-state index in [4.69, 9.17) is 5.11 Å². The number of carboxylic acids is 1. The van der Waals surface area contributed by atoms with Crippen molar-refractivity contribution < 1.29 is 14.7 Å². The van der Waals surface area contributed by atoms with Crippen LogP contribution in [0.15, 0.2) is 36.5 Å². The Labute approximate surface area is 113 Å². The number of carbonyl (C=O) groups is 2. The Morgan fingerprint density at radius 3 is 2.58 bits per heavy atom. The second kappa shape index (κ2) is 6.05. The minimum atomic E-state index is -0.948. The number of para-hydroxylation sites is 1. The second-order valence-corrected chi connectivity index (χ2v) is 4.50. The molecule has 6 nitrogen and oxygen atoms in total. The van der Waals surface area contributed by atoms with Gasteiger partial charge in [-0.15, -0.1) is 5.10 Å². The van der Waals surface area contributed by atoms with E-state index in [1.807, 2.05) is 6.07 Å². The smallest absolute Gasteiger partial charge is 0.305 e. The first-order valence-electron chi connectivity index (χ1n) is 5.54. The number of carboxylic acid groups (broad SMARTS) is 1. The third-order valence-corrected chi connectivity index (χ3v) is 3.09. The number of aromatic nitrogens is 2. The molecule has 0 bridgehead atoms. The average Bonchev–Trinajstić information content (AvgIpc) is 2.93. The largest absolute Gasteiger partial charge is 0.481 e. The van der Waals surface area contributed by atoms with E-state index in [1.165, 1.54) is 11.1 Å². The fourth-order valence-electron chi connectivity index (χ4n) is 1.56. The molecule has 1 heterocycles. The maximum Gasteiger partial charge on any atom is 0.305 e. The molecular formula is C12H11N3O3S. The zero-order valence-corrected chi connectivity index (χ0v) is 10.7. The van der Waals surface area contributed by atoms with Crippen molar-refractivity contribution in [3.63, 3.8) is 0 Å². The van der Waals surface area contributed by atoms with Crippen LogP contribution in [0.2, 0.25) is 0 Å². The van der Waals surface area contributed by atoms with Crippen molar-refractivity contribution in [2.75, 3.05) is 11.4 Å².